The van der Waals surface area contributed by atoms with Gasteiger partial charge in [0.25, 0.3) is 0 Å². The molecule has 2 atom stereocenters. The van der Waals surface area contributed by atoms with E-state index in [0.717, 1.165) is 17.4 Å². The largest absolute Gasteiger partial charge is 0.341 e. The number of hydrogen-bond donors (Lipinski definition) is 1. The zero-order chi connectivity index (χ0) is 16.2. The van der Waals surface area contributed by atoms with Crippen molar-refractivity contribution in [3.05, 3.63) is 41.9 Å². The van der Waals surface area contributed by atoms with E-state index in [9.17, 15) is 0 Å². The quantitative estimate of drug-likeness (QED) is 0.846. The summed E-state index contributed by atoms with van der Waals surface area (Å²) in [6, 6.07) is 9.11. The van der Waals surface area contributed by atoms with Crippen LogP contribution < -0.4 is 0 Å². The number of imidazole rings is 1. The van der Waals surface area contributed by atoms with Gasteiger partial charge in [-0.1, -0.05) is 56.5 Å². The van der Waals surface area contributed by atoms with E-state index in [1.165, 1.54) is 49.9 Å². The van der Waals surface area contributed by atoms with E-state index in [-0.39, 0.29) is 0 Å². The van der Waals surface area contributed by atoms with Crippen molar-refractivity contribution >= 4 is 0 Å². The third-order valence-corrected chi connectivity index (χ3v) is 5.13. The van der Waals surface area contributed by atoms with Crippen LogP contribution in [0.15, 0.2) is 30.5 Å². The van der Waals surface area contributed by atoms with Crippen LogP contribution in [0.25, 0.3) is 11.3 Å². The number of H-pyrrole nitrogens is 1. The number of hydrogen-bond acceptors (Lipinski definition) is 2. The number of piperidine rings is 1. The molecule has 0 aliphatic carbocycles. The van der Waals surface area contributed by atoms with Crippen molar-refractivity contribution in [2.45, 2.75) is 52.5 Å². The fraction of sp³-hybridized carbons (Fsp3) is 0.550. The van der Waals surface area contributed by atoms with Crippen molar-refractivity contribution < 1.29 is 0 Å². The van der Waals surface area contributed by atoms with Gasteiger partial charge in [0, 0.05) is 6.54 Å². The number of benzene rings is 1. The Balaban J connectivity index is 1.78. The first-order valence-corrected chi connectivity index (χ1v) is 9.03. The lowest BCUT2D eigenvalue weighted by molar-refractivity contribution is 0.122. The molecule has 1 aromatic heterocycles. The Morgan fingerprint density at radius 1 is 1.26 bits per heavy atom. The standard InChI is InChI=1S/C20H29N3/c1-4-15(2)14-23-12-6-5-7-19(23)20-21-13-18(22-20)17-10-8-16(3)9-11-17/h8-11,13,15,19H,4-7,12,14H2,1-3H3,(H,21,22)/t15?,19-/m1/s1. The smallest absolute Gasteiger partial charge is 0.123 e. The molecule has 3 heteroatoms. The van der Waals surface area contributed by atoms with Gasteiger partial charge in [-0.15, -0.1) is 0 Å². The lowest BCUT2D eigenvalue weighted by atomic mass is 9.99. The Bertz CT molecular complexity index is 614. The number of aryl methyl sites for hydroxylation is 1. The minimum absolute atomic E-state index is 0.456. The number of rotatable bonds is 5. The first-order chi connectivity index (χ1) is 11.2. The molecular formula is C20H29N3. The molecule has 0 bridgehead atoms. The Morgan fingerprint density at radius 3 is 2.78 bits per heavy atom. The summed E-state index contributed by atoms with van der Waals surface area (Å²) in [6.45, 7) is 9.14. The molecule has 0 spiro atoms. The number of aromatic nitrogens is 2. The summed E-state index contributed by atoms with van der Waals surface area (Å²) in [5.41, 5.74) is 3.65. The summed E-state index contributed by atoms with van der Waals surface area (Å²) in [5.74, 6) is 1.89. The fourth-order valence-corrected chi connectivity index (χ4v) is 3.43. The number of nitrogens with zero attached hydrogens (tertiary/aromatic N) is 2. The zero-order valence-corrected chi connectivity index (χ0v) is 14.7. The van der Waals surface area contributed by atoms with Crippen molar-refractivity contribution in [1.29, 1.82) is 0 Å². The van der Waals surface area contributed by atoms with Gasteiger partial charge in [-0.25, -0.2) is 4.98 Å². The van der Waals surface area contributed by atoms with Crippen LogP contribution in [-0.2, 0) is 0 Å². The van der Waals surface area contributed by atoms with E-state index in [0.29, 0.717) is 6.04 Å². The van der Waals surface area contributed by atoms with Gasteiger partial charge in [-0.3, -0.25) is 4.90 Å². The van der Waals surface area contributed by atoms with E-state index in [4.69, 9.17) is 4.98 Å². The van der Waals surface area contributed by atoms with Crippen LogP contribution in [-0.4, -0.2) is 28.0 Å². The van der Waals surface area contributed by atoms with E-state index in [1.807, 2.05) is 6.20 Å². The second-order valence-electron chi connectivity index (χ2n) is 7.07. The highest BCUT2D eigenvalue weighted by Crippen LogP contribution is 2.31. The highest BCUT2D eigenvalue weighted by Gasteiger charge is 2.27. The molecule has 0 radical (unpaired) electrons. The first kappa shape index (κ1) is 16.3. The van der Waals surface area contributed by atoms with Gasteiger partial charge < -0.3 is 4.98 Å². The lowest BCUT2D eigenvalue weighted by Crippen LogP contribution is -2.37. The van der Waals surface area contributed by atoms with Gasteiger partial charge in [-0.05, 0) is 37.8 Å². The van der Waals surface area contributed by atoms with Crippen LogP contribution in [0.2, 0.25) is 0 Å². The van der Waals surface area contributed by atoms with Crippen molar-refractivity contribution in [3.63, 3.8) is 0 Å². The van der Waals surface area contributed by atoms with Crippen molar-refractivity contribution in [3.8, 4) is 11.3 Å². The van der Waals surface area contributed by atoms with E-state index < -0.39 is 0 Å². The molecular weight excluding hydrogens is 282 g/mol. The van der Waals surface area contributed by atoms with Crippen LogP contribution in [0, 0.1) is 12.8 Å². The Labute approximate surface area is 140 Å². The summed E-state index contributed by atoms with van der Waals surface area (Å²) in [6.07, 6.45) is 7.09. The third kappa shape index (κ3) is 3.84. The molecule has 1 N–H and O–H groups in total. The molecule has 2 aromatic rings. The van der Waals surface area contributed by atoms with Crippen molar-refractivity contribution in [2.75, 3.05) is 13.1 Å². The third-order valence-electron chi connectivity index (χ3n) is 5.13. The highest BCUT2D eigenvalue weighted by molar-refractivity contribution is 5.58. The molecule has 0 amide bonds. The van der Waals surface area contributed by atoms with Gasteiger partial charge in [0.2, 0.25) is 0 Å². The molecule has 1 aliphatic heterocycles. The first-order valence-electron chi connectivity index (χ1n) is 9.03. The minimum atomic E-state index is 0.456. The maximum Gasteiger partial charge on any atom is 0.123 e. The topological polar surface area (TPSA) is 31.9 Å². The predicted molar refractivity (Wildman–Crippen MR) is 96.4 cm³/mol. The molecule has 1 aromatic carbocycles. The minimum Gasteiger partial charge on any atom is -0.341 e. The number of nitrogens with one attached hydrogen (secondary N) is 1. The second kappa shape index (κ2) is 7.31. The number of likely N-dealkylation sites (tertiary alicyclic amines) is 1. The van der Waals surface area contributed by atoms with E-state index in [1.54, 1.807) is 0 Å². The van der Waals surface area contributed by atoms with Crippen LogP contribution in [0.3, 0.4) is 0 Å². The average Bonchev–Trinajstić information content (AvgIpc) is 3.05. The van der Waals surface area contributed by atoms with Crippen LogP contribution in [0.4, 0.5) is 0 Å². The normalized spacial score (nSPS) is 20.6. The molecule has 3 nitrogen and oxygen atoms in total. The molecule has 124 valence electrons. The maximum atomic E-state index is 4.72. The van der Waals surface area contributed by atoms with Crippen LogP contribution >= 0.6 is 0 Å². The summed E-state index contributed by atoms with van der Waals surface area (Å²) in [4.78, 5) is 10.9. The maximum absolute atomic E-state index is 4.72. The zero-order valence-electron chi connectivity index (χ0n) is 14.7. The second-order valence-corrected chi connectivity index (χ2v) is 7.07. The fourth-order valence-electron chi connectivity index (χ4n) is 3.43. The highest BCUT2D eigenvalue weighted by atomic mass is 15.2. The van der Waals surface area contributed by atoms with E-state index >= 15 is 0 Å². The predicted octanol–water partition coefficient (Wildman–Crippen LogP) is 4.96. The van der Waals surface area contributed by atoms with Crippen LogP contribution in [0.5, 0.6) is 0 Å². The molecule has 0 saturated carbocycles. The van der Waals surface area contributed by atoms with Gasteiger partial charge in [0.05, 0.1) is 17.9 Å². The van der Waals surface area contributed by atoms with Gasteiger partial charge in [0.15, 0.2) is 0 Å². The van der Waals surface area contributed by atoms with Crippen LogP contribution in [0.1, 0.15) is 57.0 Å². The molecule has 1 saturated heterocycles. The summed E-state index contributed by atoms with van der Waals surface area (Å²) in [7, 11) is 0. The lowest BCUT2D eigenvalue weighted by Gasteiger charge is -2.36. The summed E-state index contributed by atoms with van der Waals surface area (Å²) < 4.78 is 0. The molecule has 1 unspecified atom stereocenters. The Morgan fingerprint density at radius 2 is 2.04 bits per heavy atom. The van der Waals surface area contributed by atoms with Gasteiger partial charge >= 0.3 is 0 Å². The Kier molecular flexibility index (Phi) is 5.16. The molecule has 1 aliphatic rings. The summed E-state index contributed by atoms with van der Waals surface area (Å²) >= 11 is 0. The SMILES string of the molecule is CCC(C)CN1CCCC[C@@H]1c1ncc(-c2ccc(C)cc2)[nH]1. The molecule has 2 heterocycles. The Hall–Kier alpha value is -1.61. The molecule has 3 rings (SSSR count). The average molecular weight is 311 g/mol. The van der Waals surface area contributed by atoms with Crippen molar-refractivity contribution in [2.24, 2.45) is 5.92 Å². The van der Waals surface area contributed by atoms with E-state index in [2.05, 4.69) is 54.9 Å². The van der Waals surface area contributed by atoms with Gasteiger partial charge in [0.1, 0.15) is 5.82 Å². The summed E-state index contributed by atoms with van der Waals surface area (Å²) in [5, 5.41) is 0. The monoisotopic (exact) mass is 311 g/mol. The molecule has 23 heavy (non-hydrogen) atoms. The van der Waals surface area contributed by atoms with Gasteiger partial charge in [-0.2, -0.15) is 0 Å². The number of aromatic amines is 1. The molecule has 1 fully saturated rings. The van der Waals surface area contributed by atoms with Crippen molar-refractivity contribution in [1.82, 2.24) is 14.9 Å².